The molecule has 5 rings (SSSR count). The van der Waals surface area contributed by atoms with E-state index in [0.29, 0.717) is 29.6 Å². The van der Waals surface area contributed by atoms with Gasteiger partial charge in [0, 0.05) is 0 Å². The van der Waals surface area contributed by atoms with Crippen molar-refractivity contribution in [3.63, 3.8) is 0 Å². The van der Waals surface area contributed by atoms with Crippen LogP contribution in [-0.2, 0) is 20.5 Å². The summed E-state index contributed by atoms with van der Waals surface area (Å²) in [5.41, 5.74) is 7.34. The molecule has 3 saturated carbocycles. The van der Waals surface area contributed by atoms with E-state index >= 15 is 0 Å². The molecule has 0 radical (unpaired) electrons. The van der Waals surface area contributed by atoms with Crippen molar-refractivity contribution >= 4 is 13.0 Å². The molecular weight excluding hydrogens is 375 g/mol. The highest BCUT2D eigenvalue weighted by molar-refractivity contribution is 6.47. The van der Waals surface area contributed by atoms with Crippen molar-refractivity contribution in [1.82, 2.24) is 5.32 Å². The molecule has 5 nitrogen and oxygen atoms in total. The SMILES string of the molecule is CC(C)CC(NC(=O)[C@@H](N)Cc1ccccc1)B1O[C@@H]2CC3C[C@@H](C3(C)C)[C@]2(C)O1. The maximum atomic E-state index is 12.9. The van der Waals surface area contributed by atoms with Gasteiger partial charge in [-0.15, -0.1) is 0 Å². The number of nitrogens with one attached hydrogen (secondary N) is 1. The van der Waals surface area contributed by atoms with Gasteiger partial charge in [0.25, 0.3) is 0 Å². The smallest absolute Gasteiger partial charge is 0.404 e. The predicted octanol–water partition coefficient (Wildman–Crippen LogP) is 3.35. The average Bonchev–Trinajstić information content (AvgIpc) is 3.04. The Kier molecular flexibility index (Phi) is 5.80. The zero-order valence-electron chi connectivity index (χ0n) is 19.1. The summed E-state index contributed by atoms with van der Waals surface area (Å²) >= 11 is 0. The van der Waals surface area contributed by atoms with Gasteiger partial charge in [-0.3, -0.25) is 4.79 Å². The monoisotopic (exact) mass is 412 g/mol. The molecule has 3 N–H and O–H groups in total. The van der Waals surface area contributed by atoms with Gasteiger partial charge in [-0.25, -0.2) is 0 Å². The molecule has 0 spiro atoms. The fraction of sp³-hybridized carbons (Fsp3) is 0.708. The fourth-order valence-corrected chi connectivity index (χ4v) is 6.07. The van der Waals surface area contributed by atoms with E-state index in [9.17, 15) is 4.79 Å². The highest BCUT2D eigenvalue weighted by Gasteiger charge is 2.68. The lowest BCUT2D eigenvalue weighted by molar-refractivity contribution is -0.199. The molecular formula is C24H37BN2O3. The Morgan fingerprint density at radius 3 is 2.57 bits per heavy atom. The number of benzene rings is 1. The highest BCUT2D eigenvalue weighted by atomic mass is 16.7. The van der Waals surface area contributed by atoms with Crippen LogP contribution in [0.15, 0.2) is 30.3 Å². The molecule has 164 valence electrons. The molecule has 30 heavy (non-hydrogen) atoms. The molecule has 1 amide bonds. The summed E-state index contributed by atoms with van der Waals surface area (Å²) in [4.78, 5) is 12.9. The summed E-state index contributed by atoms with van der Waals surface area (Å²) in [5, 5.41) is 3.17. The molecule has 1 saturated heterocycles. The molecule has 2 bridgehead atoms. The normalized spacial score (nSPS) is 33.6. The first-order chi connectivity index (χ1) is 14.1. The second-order valence-electron chi connectivity index (χ2n) is 10.9. The van der Waals surface area contributed by atoms with Crippen LogP contribution >= 0.6 is 0 Å². The lowest BCUT2D eigenvalue weighted by Gasteiger charge is -2.64. The third-order valence-electron chi connectivity index (χ3n) is 7.99. The highest BCUT2D eigenvalue weighted by Crippen LogP contribution is 2.65. The summed E-state index contributed by atoms with van der Waals surface area (Å²) in [5.74, 6) is 1.30. The van der Waals surface area contributed by atoms with Crippen molar-refractivity contribution < 1.29 is 14.1 Å². The van der Waals surface area contributed by atoms with Crippen molar-refractivity contribution in [3.8, 4) is 0 Å². The van der Waals surface area contributed by atoms with E-state index in [1.807, 2.05) is 30.3 Å². The number of nitrogens with two attached hydrogens (primary N) is 1. The summed E-state index contributed by atoms with van der Waals surface area (Å²) in [6, 6.07) is 9.32. The van der Waals surface area contributed by atoms with E-state index in [1.54, 1.807) is 0 Å². The molecule has 3 aliphatic carbocycles. The zero-order valence-corrected chi connectivity index (χ0v) is 19.1. The third-order valence-corrected chi connectivity index (χ3v) is 7.99. The van der Waals surface area contributed by atoms with Gasteiger partial charge in [0.1, 0.15) is 0 Å². The van der Waals surface area contributed by atoms with Crippen LogP contribution < -0.4 is 11.1 Å². The van der Waals surface area contributed by atoms with E-state index in [-0.39, 0.29) is 23.6 Å². The maximum absolute atomic E-state index is 12.9. The number of carbonyl (C=O) groups is 1. The van der Waals surface area contributed by atoms with Crippen molar-refractivity contribution in [2.24, 2.45) is 28.9 Å². The Labute approximate surface area is 181 Å². The van der Waals surface area contributed by atoms with Crippen molar-refractivity contribution in [2.45, 2.75) is 84.0 Å². The Hall–Kier alpha value is -1.37. The van der Waals surface area contributed by atoms with Gasteiger partial charge in [-0.05, 0) is 61.3 Å². The third kappa shape index (κ3) is 3.83. The first kappa shape index (κ1) is 21.9. The van der Waals surface area contributed by atoms with Crippen LogP contribution in [-0.4, -0.2) is 36.7 Å². The van der Waals surface area contributed by atoms with Crippen LogP contribution in [0.4, 0.5) is 0 Å². The number of carbonyl (C=O) groups excluding carboxylic acids is 1. The van der Waals surface area contributed by atoms with E-state index < -0.39 is 13.2 Å². The number of rotatable bonds is 7. The fourth-order valence-electron chi connectivity index (χ4n) is 6.07. The minimum Gasteiger partial charge on any atom is -0.404 e. The number of hydrogen-bond acceptors (Lipinski definition) is 4. The van der Waals surface area contributed by atoms with E-state index in [0.717, 1.165) is 18.4 Å². The van der Waals surface area contributed by atoms with Crippen molar-refractivity contribution in [1.29, 1.82) is 0 Å². The quantitative estimate of drug-likeness (QED) is 0.674. The van der Waals surface area contributed by atoms with E-state index in [4.69, 9.17) is 15.0 Å². The van der Waals surface area contributed by atoms with E-state index in [1.165, 1.54) is 6.42 Å². The van der Waals surface area contributed by atoms with Crippen molar-refractivity contribution in [3.05, 3.63) is 35.9 Å². The van der Waals surface area contributed by atoms with Gasteiger partial charge in [0.2, 0.25) is 5.91 Å². The Morgan fingerprint density at radius 2 is 1.93 bits per heavy atom. The average molecular weight is 412 g/mol. The number of hydrogen-bond donors (Lipinski definition) is 2. The zero-order chi connectivity index (χ0) is 21.7. The van der Waals surface area contributed by atoms with Crippen LogP contribution in [0, 0.1) is 23.2 Å². The minimum atomic E-state index is -0.590. The lowest BCUT2D eigenvalue weighted by Crippen LogP contribution is -2.65. The van der Waals surface area contributed by atoms with Crippen LogP contribution in [0.1, 0.15) is 59.4 Å². The molecule has 1 heterocycles. The van der Waals surface area contributed by atoms with Gasteiger partial charge in [-0.1, -0.05) is 58.0 Å². The van der Waals surface area contributed by atoms with Crippen LogP contribution in [0.25, 0.3) is 0 Å². The molecule has 4 aliphatic rings. The second kappa shape index (κ2) is 7.96. The van der Waals surface area contributed by atoms with Gasteiger partial charge in [0.05, 0.1) is 23.7 Å². The van der Waals surface area contributed by atoms with Gasteiger partial charge in [0.15, 0.2) is 0 Å². The van der Waals surface area contributed by atoms with Gasteiger partial charge < -0.3 is 20.4 Å². The summed E-state index contributed by atoms with van der Waals surface area (Å²) < 4.78 is 13.1. The van der Waals surface area contributed by atoms with Crippen LogP contribution in [0.5, 0.6) is 0 Å². The van der Waals surface area contributed by atoms with Crippen molar-refractivity contribution in [2.75, 3.05) is 0 Å². The van der Waals surface area contributed by atoms with Crippen LogP contribution in [0.3, 0.4) is 0 Å². The molecule has 6 atom stereocenters. The summed E-state index contributed by atoms with van der Waals surface area (Å²) in [7, 11) is -0.412. The molecule has 6 heteroatoms. The predicted molar refractivity (Wildman–Crippen MR) is 120 cm³/mol. The summed E-state index contributed by atoms with van der Waals surface area (Å²) in [6.07, 6.45) is 3.70. The standard InChI is InChI=1S/C24H37BN2O3/c1-15(2)11-21(27-22(28)18(26)12-16-9-7-6-8-10-16)25-29-20-14-17-13-19(23(17,3)4)24(20,5)30-25/h6-10,15,17-21H,11-14,26H2,1-5H3,(H,27,28)/t17?,18-,19-,20+,21?,24-/m0/s1. The first-order valence-electron chi connectivity index (χ1n) is 11.5. The Balaban J connectivity index is 1.44. The molecule has 1 aliphatic heterocycles. The first-order valence-corrected chi connectivity index (χ1v) is 11.5. The molecule has 2 unspecified atom stereocenters. The van der Waals surface area contributed by atoms with Crippen LogP contribution in [0.2, 0.25) is 0 Å². The Bertz CT molecular complexity index is 771. The van der Waals surface area contributed by atoms with Gasteiger partial charge >= 0.3 is 7.12 Å². The second-order valence-corrected chi connectivity index (χ2v) is 10.9. The molecule has 0 aromatic heterocycles. The summed E-state index contributed by atoms with van der Waals surface area (Å²) in [6.45, 7) is 11.3. The maximum Gasteiger partial charge on any atom is 0.481 e. The molecule has 1 aromatic rings. The van der Waals surface area contributed by atoms with E-state index in [2.05, 4.69) is 39.9 Å². The molecule has 1 aromatic carbocycles. The Morgan fingerprint density at radius 1 is 1.23 bits per heavy atom. The van der Waals surface area contributed by atoms with Gasteiger partial charge in [-0.2, -0.15) is 0 Å². The largest absolute Gasteiger partial charge is 0.481 e. The number of amides is 1. The molecule has 4 fully saturated rings. The minimum absolute atomic E-state index is 0.115. The lowest BCUT2D eigenvalue weighted by atomic mass is 9.43. The topological polar surface area (TPSA) is 73.6 Å².